The summed E-state index contributed by atoms with van der Waals surface area (Å²) in [5.41, 5.74) is -0.215. The summed E-state index contributed by atoms with van der Waals surface area (Å²) >= 11 is 5.79. The number of hydrogen-bond donors (Lipinski definition) is 2. The first-order chi connectivity index (χ1) is 11.1. The second-order valence-electron chi connectivity index (χ2n) is 5.65. The van der Waals surface area contributed by atoms with Crippen LogP contribution in [0.5, 0.6) is 0 Å². The molecule has 24 heavy (non-hydrogen) atoms. The fraction of sp³-hybridized carbons (Fsp3) is 0.467. The van der Waals surface area contributed by atoms with Crippen LogP contribution in [0.1, 0.15) is 30.6 Å². The van der Waals surface area contributed by atoms with Gasteiger partial charge in [-0.2, -0.15) is 0 Å². The van der Waals surface area contributed by atoms with Gasteiger partial charge < -0.3 is 9.84 Å². The maximum Gasteiger partial charge on any atom is 0.339 e. The molecule has 7 nitrogen and oxygen atoms in total. The number of carbonyl (C=O) groups excluding carboxylic acids is 1. The third kappa shape index (κ3) is 5.47. The van der Waals surface area contributed by atoms with Crippen molar-refractivity contribution >= 4 is 33.6 Å². The molecule has 0 aromatic heterocycles. The fourth-order valence-electron chi connectivity index (χ4n) is 2.13. The number of methoxy groups -OCH3 is 1. The Morgan fingerprint density at radius 1 is 1.33 bits per heavy atom. The summed E-state index contributed by atoms with van der Waals surface area (Å²) in [6.07, 6.45) is 0.322. The Hall–Kier alpha value is -1.64. The standard InChI is InChI=1S/C15H20ClNO6S/c1-9(2)6-10(14(18)19)8-17-24(21,22)13-5-4-11(16)7-12(13)15(20)23-3/h4-5,7,9-10,17H,6,8H2,1-3H3,(H,18,19). The van der Waals surface area contributed by atoms with E-state index >= 15 is 0 Å². The minimum atomic E-state index is -4.10. The van der Waals surface area contributed by atoms with Gasteiger partial charge in [0.15, 0.2) is 0 Å². The molecule has 0 spiro atoms. The van der Waals surface area contributed by atoms with Gasteiger partial charge >= 0.3 is 11.9 Å². The average Bonchev–Trinajstić information content (AvgIpc) is 2.49. The summed E-state index contributed by atoms with van der Waals surface area (Å²) < 4.78 is 31.7. The van der Waals surface area contributed by atoms with Gasteiger partial charge in [-0.05, 0) is 30.5 Å². The van der Waals surface area contributed by atoms with Crippen molar-refractivity contribution in [2.45, 2.75) is 25.2 Å². The number of carboxylic acids is 1. The molecular formula is C15H20ClNO6S. The van der Waals surface area contributed by atoms with E-state index in [0.717, 1.165) is 7.11 Å². The third-order valence-electron chi connectivity index (χ3n) is 3.26. The second-order valence-corrected chi connectivity index (χ2v) is 7.82. The van der Waals surface area contributed by atoms with E-state index in [1.165, 1.54) is 18.2 Å². The average molecular weight is 378 g/mol. The first kappa shape index (κ1) is 20.4. The number of ether oxygens (including phenoxy) is 1. The van der Waals surface area contributed by atoms with E-state index in [1.807, 2.05) is 13.8 Å². The first-order valence-electron chi connectivity index (χ1n) is 7.18. The van der Waals surface area contributed by atoms with Crippen molar-refractivity contribution < 1.29 is 27.9 Å². The fourth-order valence-corrected chi connectivity index (χ4v) is 3.56. The Morgan fingerprint density at radius 3 is 2.46 bits per heavy atom. The normalized spacial score (nSPS) is 12.9. The first-order valence-corrected chi connectivity index (χ1v) is 9.05. The molecule has 0 amide bonds. The molecule has 1 aromatic carbocycles. The molecule has 0 aliphatic heterocycles. The van der Waals surface area contributed by atoms with E-state index in [1.54, 1.807) is 0 Å². The van der Waals surface area contributed by atoms with Crippen molar-refractivity contribution in [2.24, 2.45) is 11.8 Å². The number of esters is 1. The van der Waals surface area contributed by atoms with Crippen molar-refractivity contribution in [1.29, 1.82) is 0 Å². The van der Waals surface area contributed by atoms with E-state index in [2.05, 4.69) is 9.46 Å². The Balaban J connectivity index is 3.08. The molecule has 134 valence electrons. The lowest BCUT2D eigenvalue weighted by atomic mass is 9.98. The van der Waals surface area contributed by atoms with Crippen LogP contribution in [0, 0.1) is 11.8 Å². The number of aliphatic carboxylic acids is 1. The van der Waals surface area contributed by atoms with Gasteiger partial charge in [0.1, 0.15) is 0 Å². The lowest BCUT2D eigenvalue weighted by Crippen LogP contribution is -2.34. The molecule has 0 heterocycles. The predicted octanol–water partition coefficient (Wildman–Crippen LogP) is 2.15. The number of carbonyl (C=O) groups is 2. The van der Waals surface area contributed by atoms with E-state index in [9.17, 15) is 23.1 Å². The quantitative estimate of drug-likeness (QED) is 0.672. The maximum atomic E-state index is 12.4. The summed E-state index contributed by atoms with van der Waals surface area (Å²) in [5.74, 6) is -2.71. The predicted molar refractivity (Wildman–Crippen MR) is 88.6 cm³/mol. The van der Waals surface area contributed by atoms with Crippen LogP contribution in [0.25, 0.3) is 0 Å². The number of benzene rings is 1. The van der Waals surface area contributed by atoms with Crippen molar-refractivity contribution in [1.82, 2.24) is 4.72 Å². The number of hydrogen-bond acceptors (Lipinski definition) is 5. The summed E-state index contributed by atoms with van der Waals surface area (Å²) in [5, 5.41) is 9.36. The molecule has 0 aliphatic carbocycles. The van der Waals surface area contributed by atoms with Crippen molar-refractivity contribution in [3.63, 3.8) is 0 Å². The zero-order valence-electron chi connectivity index (χ0n) is 13.6. The number of sulfonamides is 1. The molecule has 1 unspecified atom stereocenters. The highest BCUT2D eigenvalue weighted by Gasteiger charge is 2.26. The van der Waals surface area contributed by atoms with Gasteiger partial charge in [-0.25, -0.2) is 17.9 Å². The molecule has 0 bridgehead atoms. The number of nitrogens with one attached hydrogen (secondary N) is 1. The SMILES string of the molecule is COC(=O)c1cc(Cl)ccc1S(=O)(=O)NCC(CC(C)C)C(=O)O. The lowest BCUT2D eigenvalue weighted by molar-refractivity contribution is -0.142. The molecule has 1 aromatic rings. The number of rotatable bonds is 8. The largest absolute Gasteiger partial charge is 0.481 e. The van der Waals surface area contributed by atoms with Gasteiger partial charge in [0.05, 0.1) is 23.5 Å². The third-order valence-corrected chi connectivity index (χ3v) is 4.98. The topological polar surface area (TPSA) is 110 Å². The Kier molecular flexibility index (Phi) is 7.19. The van der Waals surface area contributed by atoms with Gasteiger partial charge in [-0.15, -0.1) is 0 Å². The van der Waals surface area contributed by atoms with Crippen LogP contribution in [0.15, 0.2) is 23.1 Å². The second kappa shape index (κ2) is 8.46. The van der Waals surface area contributed by atoms with Gasteiger partial charge in [-0.1, -0.05) is 25.4 Å². The summed E-state index contributed by atoms with van der Waals surface area (Å²) in [6.45, 7) is 3.41. The van der Waals surface area contributed by atoms with Crippen LogP contribution in [-0.2, 0) is 19.6 Å². The van der Waals surface area contributed by atoms with Crippen LogP contribution < -0.4 is 4.72 Å². The number of halogens is 1. The van der Waals surface area contributed by atoms with Gasteiger partial charge in [-0.3, -0.25) is 4.79 Å². The molecule has 0 saturated carbocycles. The zero-order valence-corrected chi connectivity index (χ0v) is 15.1. The number of carboxylic acid groups (broad SMARTS) is 1. The van der Waals surface area contributed by atoms with Crippen LogP contribution in [0.3, 0.4) is 0 Å². The lowest BCUT2D eigenvalue weighted by Gasteiger charge is -2.16. The monoisotopic (exact) mass is 377 g/mol. The van der Waals surface area contributed by atoms with Crippen LogP contribution in [0.4, 0.5) is 0 Å². The van der Waals surface area contributed by atoms with E-state index in [0.29, 0.717) is 6.42 Å². The van der Waals surface area contributed by atoms with Gasteiger partial charge in [0, 0.05) is 11.6 Å². The molecule has 0 radical (unpaired) electrons. The minimum absolute atomic E-state index is 0.0942. The highest BCUT2D eigenvalue weighted by atomic mass is 35.5. The molecule has 1 rings (SSSR count). The van der Waals surface area contributed by atoms with Crippen molar-refractivity contribution in [3.8, 4) is 0 Å². The molecule has 2 N–H and O–H groups in total. The van der Waals surface area contributed by atoms with Crippen molar-refractivity contribution in [3.05, 3.63) is 28.8 Å². The Labute approximate surface area is 146 Å². The van der Waals surface area contributed by atoms with Crippen LogP contribution in [0.2, 0.25) is 5.02 Å². The van der Waals surface area contributed by atoms with E-state index < -0.39 is 27.9 Å². The minimum Gasteiger partial charge on any atom is -0.481 e. The molecule has 0 saturated heterocycles. The summed E-state index contributed by atoms with van der Waals surface area (Å²) in [7, 11) is -2.98. The summed E-state index contributed by atoms with van der Waals surface area (Å²) in [4.78, 5) is 22.7. The Morgan fingerprint density at radius 2 is 1.96 bits per heavy atom. The van der Waals surface area contributed by atoms with Gasteiger partial charge in [0.2, 0.25) is 10.0 Å². The smallest absolute Gasteiger partial charge is 0.339 e. The van der Waals surface area contributed by atoms with E-state index in [4.69, 9.17) is 11.6 Å². The Bertz CT molecular complexity index is 717. The van der Waals surface area contributed by atoms with Crippen LogP contribution in [-0.4, -0.2) is 39.1 Å². The van der Waals surface area contributed by atoms with Gasteiger partial charge in [0.25, 0.3) is 0 Å². The highest BCUT2D eigenvalue weighted by molar-refractivity contribution is 7.89. The molecular weight excluding hydrogens is 358 g/mol. The maximum absolute atomic E-state index is 12.4. The molecule has 9 heteroatoms. The molecule has 0 aliphatic rings. The summed E-state index contributed by atoms with van der Waals surface area (Å²) in [6, 6.07) is 3.69. The van der Waals surface area contributed by atoms with Crippen LogP contribution >= 0.6 is 11.6 Å². The van der Waals surface area contributed by atoms with Crippen molar-refractivity contribution in [2.75, 3.05) is 13.7 Å². The zero-order chi connectivity index (χ0) is 18.5. The highest BCUT2D eigenvalue weighted by Crippen LogP contribution is 2.22. The molecule has 0 fully saturated rings. The molecule has 1 atom stereocenters. The van der Waals surface area contributed by atoms with E-state index in [-0.39, 0.29) is 27.9 Å².